The van der Waals surface area contributed by atoms with Gasteiger partial charge >= 0.3 is 0 Å². The highest BCUT2D eigenvalue weighted by molar-refractivity contribution is 5.95. The van der Waals surface area contributed by atoms with E-state index in [4.69, 9.17) is 4.98 Å². The first-order valence-electron chi connectivity index (χ1n) is 10.0. The number of piperidine rings is 1. The van der Waals surface area contributed by atoms with Gasteiger partial charge in [-0.2, -0.15) is 0 Å². The van der Waals surface area contributed by atoms with Gasteiger partial charge in [0.25, 0.3) is 11.5 Å². The summed E-state index contributed by atoms with van der Waals surface area (Å²) >= 11 is 0. The van der Waals surface area contributed by atoms with Gasteiger partial charge in [0, 0.05) is 53.9 Å². The Bertz CT molecular complexity index is 1130. The molecule has 1 fully saturated rings. The third kappa shape index (κ3) is 2.88. The number of amides is 1. The number of nitrogens with one attached hydrogen (secondary N) is 2. The minimum Gasteiger partial charge on any atom is -0.365 e. The molecule has 2 N–H and O–H groups in total. The van der Waals surface area contributed by atoms with Crippen molar-refractivity contribution >= 4 is 5.91 Å². The summed E-state index contributed by atoms with van der Waals surface area (Å²) in [4.78, 5) is 42.9. The standard InChI is InChI=1S/C22H23N5O2/c1-14-16(6-10-24-14)21(29)27-11-3-7-22(13-27)8-5-17-18(22)25-19(26-20(17)28)15-4-2-9-23-12-15/h2,4,6,9-10,12,24H,3,5,7-8,11,13H2,1H3,(H,25,26,28). The molecule has 1 amide bonds. The molecule has 1 aliphatic heterocycles. The van der Waals surface area contributed by atoms with Crippen LogP contribution >= 0.6 is 0 Å². The van der Waals surface area contributed by atoms with Gasteiger partial charge in [0.1, 0.15) is 5.82 Å². The first kappa shape index (κ1) is 17.8. The lowest BCUT2D eigenvalue weighted by Crippen LogP contribution is -2.48. The second-order valence-corrected chi connectivity index (χ2v) is 8.11. The maximum absolute atomic E-state index is 13.1. The molecule has 29 heavy (non-hydrogen) atoms. The fraction of sp³-hybridized carbons (Fsp3) is 0.364. The van der Waals surface area contributed by atoms with Crippen molar-refractivity contribution in [2.24, 2.45) is 0 Å². The van der Waals surface area contributed by atoms with E-state index in [0.717, 1.165) is 53.9 Å². The van der Waals surface area contributed by atoms with Crippen molar-refractivity contribution in [3.05, 3.63) is 69.7 Å². The van der Waals surface area contributed by atoms with Crippen LogP contribution in [0.25, 0.3) is 11.4 Å². The van der Waals surface area contributed by atoms with Crippen LogP contribution in [0.5, 0.6) is 0 Å². The van der Waals surface area contributed by atoms with Gasteiger partial charge in [0.05, 0.1) is 11.3 Å². The summed E-state index contributed by atoms with van der Waals surface area (Å²) in [5, 5.41) is 0. The van der Waals surface area contributed by atoms with E-state index in [9.17, 15) is 9.59 Å². The molecule has 1 aliphatic carbocycles. The Morgan fingerprint density at radius 3 is 2.93 bits per heavy atom. The van der Waals surface area contributed by atoms with Gasteiger partial charge in [-0.05, 0) is 50.8 Å². The summed E-state index contributed by atoms with van der Waals surface area (Å²) in [5.41, 5.74) is 3.70. The van der Waals surface area contributed by atoms with Gasteiger partial charge in [0.2, 0.25) is 0 Å². The number of pyridine rings is 1. The third-order valence-electron chi connectivity index (χ3n) is 6.35. The number of fused-ring (bicyclic) bond motifs is 2. The lowest BCUT2D eigenvalue weighted by atomic mass is 9.77. The van der Waals surface area contributed by atoms with Gasteiger partial charge < -0.3 is 14.9 Å². The Balaban J connectivity index is 1.53. The normalized spacial score (nSPS) is 20.8. The number of aryl methyl sites for hydroxylation is 1. The van der Waals surface area contributed by atoms with Crippen LogP contribution in [0.2, 0.25) is 0 Å². The van der Waals surface area contributed by atoms with E-state index in [1.165, 1.54) is 0 Å². The fourth-order valence-electron chi connectivity index (χ4n) is 4.85. The Labute approximate surface area is 168 Å². The molecule has 1 saturated heterocycles. The summed E-state index contributed by atoms with van der Waals surface area (Å²) < 4.78 is 0. The summed E-state index contributed by atoms with van der Waals surface area (Å²) in [6.45, 7) is 3.25. The van der Waals surface area contributed by atoms with Gasteiger partial charge in [-0.15, -0.1) is 0 Å². The van der Waals surface area contributed by atoms with Gasteiger partial charge in [0.15, 0.2) is 0 Å². The summed E-state index contributed by atoms with van der Waals surface area (Å²) in [5.74, 6) is 0.599. The van der Waals surface area contributed by atoms with E-state index >= 15 is 0 Å². The molecular formula is C22H23N5O2. The van der Waals surface area contributed by atoms with Crippen LogP contribution in [0.1, 0.15) is 46.6 Å². The summed E-state index contributed by atoms with van der Waals surface area (Å²) in [7, 11) is 0. The van der Waals surface area contributed by atoms with Crippen LogP contribution in [0.3, 0.4) is 0 Å². The second kappa shape index (κ2) is 6.69. The molecule has 0 bridgehead atoms. The monoisotopic (exact) mass is 389 g/mol. The van der Waals surface area contributed by atoms with E-state index in [-0.39, 0.29) is 16.9 Å². The van der Waals surface area contributed by atoms with Crippen LogP contribution < -0.4 is 5.56 Å². The molecule has 0 aromatic carbocycles. The number of carbonyl (C=O) groups excluding carboxylic acids is 1. The largest absolute Gasteiger partial charge is 0.365 e. The number of hydrogen-bond donors (Lipinski definition) is 2. The smallest absolute Gasteiger partial charge is 0.255 e. The van der Waals surface area contributed by atoms with E-state index < -0.39 is 0 Å². The van der Waals surface area contributed by atoms with Gasteiger partial charge in [-0.25, -0.2) is 4.98 Å². The molecule has 3 aromatic heterocycles. The minimum atomic E-state index is -0.251. The Hall–Kier alpha value is -3.22. The number of likely N-dealkylation sites (tertiary alicyclic amines) is 1. The molecule has 1 unspecified atom stereocenters. The zero-order valence-electron chi connectivity index (χ0n) is 16.4. The number of rotatable bonds is 2. The van der Waals surface area contributed by atoms with Crippen molar-refractivity contribution in [1.29, 1.82) is 0 Å². The van der Waals surface area contributed by atoms with Crippen LogP contribution in [0.4, 0.5) is 0 Å². The molecule has 5 rings (SSSR count). The summed E-state index contributed by atoms with van der Waals surface area (Å²) in [6.07, 6.45) is 8.61. The molecule has 7 heteroatoms. The molecule has 0 saturated carbocycles. The Morgan fingerprint density at radius 1 is 1.28 bits per heavy atom. The molecule has 4 heterocycles. The quantitative estimate of drug-likeness (QED) is 0.704. The predicted molar refractivity (Wildman–Crippen MR) is 109 cm³/mol. The predicted octanol–water partition coefficient (Wildman–Crippen LogP) is 2.59. The van der Waals surface area contributed by atoms with Crippen LogP contribution in [-0.2, 0) is 11.8 Å². The summed E-state index contributed by atoms with van der Waals surface area (Å²) in [6, 6.07) is 5.56. The first-order valence-corrected chi connectivity index (χ1v) is 10.0. The van der Waals surface area contributed by atoms with Crippen molar-refractivity contribution < 1.29 is 4.79 Å². The molecule has 1 atom stereocenters. The van der Waals surface area contributed by atoms with Crippen molar-refractivity contribution in [2.75, 3.05) is 13.1 Å². The van der Waals surface area contributed by atoms with Gasteiger partial charge in [-0.1, -0.05) is 0 Å². The Kier molecular flexibility index (Phi) is 4.12. The van der Waals surface area contributed by atoms with Crippen molar-refractivity contribution in [3.63, 3.8) is 0 Å². The Morgan fingerprint density at radius 2 is 2.17 bits per heavy atom. The van der Waals surface area contributed by atoms with Crippen LogP contribution in [0.15, 0.2) is 41.6 Å². The lowest BCUT2D eigenvalue weighted by Gasteiger charge is -2.40. The van der Waals surface area contributed by atoms with E-state index in [1.54, 1.807) is 18.6 Å². The second-order valence-electron chi connectivity index (χ2n) is 8.11. The van der Waals surface area contributed by atoms with Crippen molar-refractivity contribution in [1.82, 2.24) is 24.8 Å². The third-order valence-corrected chi connectivity index (χ3v) is 6.35. The number of carbonyl (C=O) groups is 1. The van der Waals surface area contributed by atoms with Gasteiger partial charge in [-0.3, -0.25) is 14.6 Å². The topological polar surface area (TPSA) is 94.7 Å². The average Bonchev–Trinajstić information content (AvgIpc) is 3.32. The van der Waals surface area contributed by atoms with Crippen molar-refractivity contribution in [2.45, 2.75) is 38.0 Å². The zero-order valence-corrected chi connectivity index (χ0v) is 16.4. The SMILES string of the molecule is Cc1[nH]ccc1C(=O)N1CCCC2(CCc3c2nc(-c2cccnc2)[nH]c3=O)C1. The van der Waals surface area contributed by atoms with Crippen LogP contribution in [-0.4, -0.2) is 43.8 Å². The number of H-pyrrole nitrogens is 2. The molecule has 7 nitrogen and oxygen atoms in total. The van der Waals surface area contributed by atoms with E-state index in [1.807, 2.05) is 30.0 Å². The highest BCUT2D eigenvalue weighted by Gasteiger charge is 2.46. The van der Waals surface area contributed by atoms with E-state index in [0.29, 0.717) is 18.8 Å². The van der Waals surface area contributed by atoms with E-state index in [2.05, 4.69) is 15.0 Å². The highest BCUT2D eigenvalue weighted by Crippen LogP contribution is 2.43. The molecule has 148 valence electrons. The number of aromatic nitrogens is 4. The maximum Gasteiger partial charge on any atom is 0.255 e. The van der Waals surface area contributed by atoms with Crippen LogP contribution in [0, 0.1) is 6.92 Å². The number of hydrogen-bond acceptors (Lipinski definition) is 4. The average molecular weight is 389 g/mol. The molecule has 2 aliphatic rings. The highest BCUT2D eigenvalue weighted by atomic mass is 16.2. The molecule has 0 radical (unpaired) electrons. The molecular weight excluding hydrogens is 366 g/mol. The lowest BCUT2D eigenvalue weighted by molar-refractivity contribution is 0.0633. The first-order chi connectivity index (χ1) is 14.1. The van der Waals surface area contributed by atoms with Crippen molar-refractivity contribution in [3.8, 4) is 11.4 Å². The minimum absolute atomic E-state index is 0.0496. The number of aromatic amines is 2. The maximum atomic E-state index is 13.1. The zero-order chi connectivity index (χ0) is 20.0. The number of nitrogens with zero attached hydrogens (tertiary/aromatic N) is 3. The fourth-order valence-corrected chi connectivity index (χ4v) is 4.85. The molecule has 3 aromatic rings. The molecule has 1 spiro atoms.